The van der Waals surface area contributed by atoms with Crippen LogP contribution >= 0.6 is 0 Å². The number of aliphatic hydroxyl groups excluding tert-OH is 1. The average Bonchev–Trinajstić information content (AvgIpc) is 2.03. The summed E-state index contributed by atoms with van der Waals surface area (Å²) in [4.78, 5) is 11.9. The van der Waals surface area contributed by atoms with Crippen molar-refractivity contribution in [3.63, 3.8) is 0 Å². The van der Waals surface area contributed by atoms with E-state index in [2.05, 4.69) is 5.92 Å². The van der Waals surface area contributed by atoms with Gasteiger partial charge in [-0.05, 0) is 0 Å². The molecular formula is C8H11F2NO2. The number of carbonyl (C=O) groups is 1. The van der Waals surface area contributed by atoms with Gasteiger partial charge in [0.15, 0.2) is 0 Å². The first-order chi connectivity index (χ1) is 6.11. The molecule has 0 bridgehead atoms. The number of hydrogen-bond acceptors (Lipinski definition) is 2. The Labute approximate surface area is 75.3 Å². The molecule has 0 aliphatic heterocycles. The summed E-state index contributed by atoms with van der Waals surface area (Å²) in [6.45, 7) is -1.13. The minimum atomic E-state index is -2.60. The molecule has 0 aromatic rings. The van der Waals surface area contributed by atoms with Gasteiger partial charge in [-0.2, -0.15) is 0 Å². The van der Waals surface area contributed by atoms with E-state index in [1.807, 2.05) is 0 Å². The zero-order valence-corrected chi connectivity index (χ0v) is 7.04. The molecule has 0 fully saturated rings. The maximum atomic E-state index is 11.9. The average molecular weight is 191 g/mol. The van der Waals surface area contributed by atoms with Gasteiger partial charge < -0.3 is 10.0 Å². The van der Waals surface area contributed by atoms with Gasteiger partial charge in [0.2, 0.25) is 5.91 Å². The lowest BCUT2D eigenvalue weighted by molar-refractivity contribution is -0.132. The third-order valence-corrected chi connectivity index (χ3v) is 1.33. The minimum Gasteiger partial charge on any atom is -0.395 e. The third kappa shape index (κ3) is 5.15. The molecule has 3 nitrogen and oxygen atoms in total. The van der Waals surface area contributed by atoms with Gasteiger partial charge in [-0.25, -0.2) is 8.78 Å². The molecule has 0 aliphatic rings. The second-order valence-corrected chi connectivity index (χ2v) is 2.34. The topological polar surface area (TPSA) is 40.5 Å². The van der Waals surface area contributed by atoms with Gasteiger partial charge in [0, 0.05) is 6.54 Å². The summed E-state index contributed by atoms with van der Waals surface area (Å²) in [7, 11) is 0. The van der Waals surface area contributed by atoms with Gasteiger partial charge in [-0.3, -0.25) is 4.79 Å². The van der Waals surface area contributed by atoms with Crippen molar-refractivity contribution in [3.8, 4) is 12.3 Å². The summed E-state index contributed by atoms with van der Waals surface area (Å²) in [6.07, 6.45) is 2.03. The highest BCUT2D eigenvalue weighted by Gasteiger charge is 2.16. The van der Waals surface area contributed by atoms with Crippen LogP contribution in [0.5, 0.6) is 0 Å². The molecular weight excluding hydrogens is 180 g/mol. The number of halogens is 2. The number of nitrogens with zero attached hydrogens (tertiary/aromatic N) is 1. The van der Waals surface area contributed by atoms with Crippen molar-refractivity contribution in [2.24, 2.45) is 0 Å². The summed E-state index contributed by atoms with van der Waals surface area (Å²) in [5.74, 6) is 1.50. The van der Waals surface area contributed by atoms with Crippen molar-refractivity contribution in [3.05, 3.63) is 0 Å². The summed E-state index contributed by atoms with van der Waals surface area (Å²) in [5.41, 5.74) is 0. The molecule has 0 aliphatic carbocycles. The van der Waals surface area contributed by atoms with Crippen molar-refractivity contribution in [2.45, 2.75) is 12.8 Å². The lowest BCUT2D eigenvalue weighted by atomic mass is 10.3. The predicted molar refractivity (Wildman–Crippen MR) is 43.1 cm³/mol. The highest BCUT2D eigenvalue weighted by atomic mass is 19.3. The van der Waals surface area contributed by atoms with Crippen molar-refractivity contribution >= 4 is 5.91 Å². The molecule has 1 N–H and O–H groups in total. The quantitative estimate of drug-likeness (QED) is 0.626. The largest absolute Gasteiger partial charge is 0.395 e. The maximum Gasteiger partial charge on any atom is 0.255 e. The molecule has 0 atom stereocenters. The molecule has 0 radical (unpaired) electrons. The van der Waals surface area contributed by atoms with Crippen molar-refractivity contribution < 1.29 is 18.7 Å². The van der Waals surface area contributed by atoms with Crippen LogP contribution in [0, 0.1) is 12.3 Å². The second kappa shape index (κ2) is 6.38. The van der Waals surface area contributed by atoms with Gasteiger partial charge in [0.1, 0.15) is 0 Å². The molecule has 13 heavy (non-hydrogen) atoms. The van der Waals surface area contributed by atoms with E-state index in [1.54, 1.807) is 0 Å². The number of rotatable bonds is 5. The molecule has 0 heterocycles. The van der Waals surface area contributed by atoms with Gasteiger partial charge in [0.25, 0.3) is 6.43 Å². The fraction of sp³-hybridized carbons (Fsp3) is 0.625. The first-order valence-electron chi connectivity index (χ1n) is 3.72. The number of amides is 1. The highest BCUT2D eigenvalue weighted by molar-refractivity contribution is 5.78. The standard InChI is InChI=1S/C8H11F2NO2/c1-2-3-8(13)11(4-5-12)6-7(9)10/h1,7,12H,3-6H2. The van der Waals surface area contributed by atoms with E-state index in [0.29, 0.717) is 0 Å². The highest BCUT2D eigenvalue weighted by Crippen LogP contribution is 2.00. The van der Waals surface area contributed by atoms with Crippen LogP contribution in [-0.4, -0.2) is 42.0 Å². The molecule has 0 spiro atoms. The Kier molecular flexibility index (Phi) is 5.81. The van der Waals surface area contributed by atoms with Crippen molar-refractivity contribution in [2.75, 3.05) is 19.7 Å². The van der Waals surface area contributed by atoms with Gasteiger partial charge in [-0.1, -0.05) is 5.92 Å². The first kappa shape index (κ1) is 11.8. The van der Waals surface area contributed by atoms with Crippen LogP contribution in [0.2, 0.25) is 0 Å². The Bertz CT molecular complexity index is 201. The number of alkyl halides is 2. The lowest BCUT2D eigenvalue weighted by Crippen LogP contribution is -2.36. The maximum absolute atomic E-state index is 11.9. The third-order valence-electron chi connectivity index (χ3n) is 1.33. The van der Waals surface area contributed by atoms with E-state index in [4.69, 9.17) is 11.5 Å². The Morgan fingerprint density at radius 1 is 1.62 bits per heavy atom. The van der Waals surface area contributed by atoms with Crippen LogP contribution in [0.15, 0.2) is 0 Å². The van der Waals surface area contributed by atoms with Crippen molar-refractivity contribution in [1.82, 2.24) is 4.90 Å². The van der Waals surface area contributed by atoms with Crippen molar-refractivity contribution in [1.29, 1.82) is 0 Å². The molecule has 0 rings (SSSR count). The fourth-order valence-corrected chi connectivity index (χ4v) is 0.804. The fourth-order valence-electron chi connectivity index (χ4n) is 0.804. The smallest absolute Gasteiger partial charge is 0.255 e. The summed E-state index contributed by atoms with van der Waals surface area (Å²) < 4.78 is 23.8. The molecule has 1 amide bonds. The van der Waals surface area contributed by atoms with Gasteiger partial charge in [0.05, 0.1) is 19.6 Å². The summed E-state index contributed by atoms with van der Waals surface area (Å²) in [5, 5.41) is 8.48. The summed E-state index contributed by atoms with van der Waals surface area (Å²) in [6, 6.07) is 0. The van der Waals surface area contributed by atoms with Gasteiger partial charge in [-0.15, -0.1) is 6.42 Å². The van der Waals surface area contributed by atoms with E-state index in [9.17, 15) is 13.6 Å². The Balaban J connectivity index is 4.08. The molecule has 0 saturated heterocycles. The van der Waals surface area contributed by atoms with E-state index >= 15 is 0 Å². The summed E-state index contributed by atoms with van der Waals surface area (Å²) >= 11 is 0. The van der Waals surface area contributed by atoms with E-state index in [-0.39, 0.29) is 19.6 Å². The normalized spacial score (nSPS) is 9.77. The zero-order chi connectivity index (χ0) is 10.3. The number of terminal acetylenes is 1. The monoisotopic (exact) mass is 191 g/mol. The molecule has 0 aromatic heterocycles. The van der Waals surface area contributed by atoms with E-state index in [1.165, 1.54) is 0 Å². The first-order valence-corrected chi connectivity index (χ1v) is 3.72. The lowest BCUT2D eigenvalue weighted by Gasteiger charge is -2.19. The Hall–Kier alpha value is -1.15. The van der Waals surface area contributed by atoms with Crippen LogP contribution in [0.3, 0.4) is 0 Å². The molecule has 0 aromatic carbocycles. The van der Waals surface area contributed by atoms with Crippen LogP contribution in [0.1, 0.15) is 6.42 Å². The predicted octanol–water partition coefficient (Wildman–Crippen LogP) is 0.0957. The molecule has 5 heteroatoms. The zero-order valence-electron chi connectivity index (χ0n) is 7.04. The number of carbonyl (C=O) groups excluding carboxylic acids is 1. The van der Waals surface area contributed by atoms with E-state index < -0.39 is 18.9 Å². The van der Waals surface area contributed by atoms with E-state index in [0.717, 1.165) is 4.90 Å². The molecule has 0 saturated carbocycles. The number of aliphatic hydroxyl groups is 1. The Morgan fingerprint density at radius 3 is 2.62 bits per heavy atom. The van der Waals surface area contributed by atoms with Crippen LogP contribution < -0.4 is 0 Å². The SMILES string of the molecule is C#CCC(=O)N(CCO)CC(F)F. The minimum absolute atomic E-state index is 0.106. The molecule has 74 valence electrons. The van der Waals surface area contributed by atoms with Gasteiger partial charge >= 0.3 is 0 Å². The van der Waals surface area contributed by atoms with Crippen LogP contribution in [0.4, 0.5) is 8.78 Å². The number of hydrogen-bond donors (Lipinski definition) is 1. The van der Waals surface area contributed by atoms with Crippen LogP contribution in [0.25, 0.3) is 0 Å². The Morgan fingerprint density at radius 2 is 2.23 bits per heavy atom. The molecule has 0 unspecified atom stereocenters. The van der Waals surface area contributed by atoms with Crippen LogP contribution in [-0.2, 0) is 4.79 Å². The second-order valence-electron chi connectivity index (χ2n) is 2.34.